The fourth-order valence-corrected chi connectivity index (χ4v) is 2.75. The van der Waals surface area contributed by atoms with Gasteiger partial charge in [0.05, 0.1) is 18.5 Å². The number of amides is 1. The van der Waals surface area contributed by atoms with Crippen molar-refractivity contribution in [2.45, 2.75) is 37.8 Å². The van der Waals surface area contributed by atoms with Gasteiger partial charge in [-0.05, 0) is 31.0 Å². The highest BCUT2D eigenvalue weighted by atomic mass is 16.3. The molecule has 1 fully saturated rings. The zero-order chi connectivity index (χ0) is 14.7. The van der Waals surface area contributed by atoms with E-state index in [0.717, 1.165) is 31.4 Å². The lowest BCUT2D eigenvalue weighted by molar-refractivity contribution is 0.0717. The van der Waals surface area contributed by atoms with E-state index in [-0.39, 0.29) is 11.9 Å². The number of benzene rings is 1. The van der Waals surface area contributed by atoms with Crippen LogP contribution in [-0.4, -0.2) is 32.7 Å². The number of aromatic nitrogens is 2. The molecule has 1 heterocycles. The smallest absolute Gasteiger partial charge is 0.251 e. The van der Waals surface area contributed by atoms with Crippen molar-refractivity contribution in [3.05, 3.63) is 48.5 Å². The summed E-state index contributed by atoms with van der Waals surface area (Å²) in [4.78, 5) is 16.3. The lowest BCUT2D eigenvalue weighted by Gasteiger charge is -2.28. The summed E-state index contributed by atoms with van der Waals surface area (Å²) in [5, 5.41) is 12.9. The molecule has 1 aliphatic carbocycles. The zero-order valence-electron chi connectivity index (χ0n) is 11.8. The predicted molar refractivity (Wildman–Crippen MR) is 79.3 cm³/mol. The van der Waals surface area contributed by atoms with Crippen molar-refractivity contribution in [3.63, 3.8) is 0 Å². The number of rotatable bonds is 3. The van der Waals surface area contributed by atoms with Crippen LogP contribution >= 0.6 is 0 Å². The van der Waals surface area contributed by atoms with Gasteiger partial charge in [0.25, 0.3) is 5.91 Å². The highest BCUT2D eigenvalue weighted by molar-refractivity contribution is 5.95. The maximum atomic E-state index is 12.3. The number of aliphatic hydroxyl groups excluding tert-OH is 1. The Morgan fingerprint density at radius 2 is 2.19 bits per heavy atom. The van der Waals surface area contributed by atoms with Gasteiger partial charge in [-0.1, -0.05) is 18.9 Å². The molecule has 0 aliphatic heterocycles. The Balaban J connectivity index is 1.74. The van der Waals surface area contributed by atoms with Crippen LogP contribution in [-0.2, 0) is 0 Å². The molecule has 1 saturated carbocycles. The number of nitrogens with zero attached hydrogens (tertiary/aromatic N) is 2. The van der Waals surface area contributed by atoms with Crippen molar-refractivity contribution in [1.82, 2.24) is 14.9 Å². The number of carbonyl (C=O) groups is 1. The lowest BCUT2D eigenvalue weighted by atomic mass is 9.92. The number of nitrogens with one attached hydrogen (secondary N) is 1. The van der Waals surface area contributed by atoms with Crippen LogP contribution in [0.25, 0.3) is 5.69 Å². The van der Waals surface area contributed by atoms with Gasteiger partial charge in [-0.15, -0.1) is 0 Å². The molecule has 2 unspecified atom stereocenters. The van der Waals surface area contributed by atoms with Crippen LogP contribution < -0.4 is 5.32 Å². The molecule has 0 spiro atoms. The molecule has 5 nitrogen and oxygen atoms in total. The third-order valence-electron chi connectivity index (χ3n) is 3.96. The van der Waals surface area contributed by atoms with E-state index in [1.807, 2.05) is 29.0 Å². The number of carbonyl (C=O) groups excluding carboxylic acids is 1. The maximum absolute atomic E-state index is 12.3. The number of aliphatic hydroxyl groups is 1. The van der Waals surface area contributed by atoms with E-state index in [4.69, 9.17) is 0 Å². The highest BCUT2D eigenvalue weighted by Crippen LogP contribution is 2.19. The summed E-state index contributed by atoms with van der Waals surface area (Å²) in [5.41, 5.74) is 1.49. The average Bonchev–Trinajstić information content (AvgIpc) is 3.04. The van der Waals surface area contributed by atoms with Crippen molar-refractivity contribution >= 4 is 5.91 Å². The van der Waals surface area contributed by atoms with Crippen LogP contribution in [0.1, 0.15) is 36.0 Å². The van der Waals surface area contributed by atoms with Crippen LogP contribution in [0.2, 0.25) is 0 Å². The first-order valence-corrected chi connectivity index (χ1v) is 7.31. The molecule has 0 bridgehead atoms. The Bertz CT molecular complexity index is 610. The third kappa shape index (κ3) is 3.13. The van der Waals surface area contributed by atoms with Crippen LogP contribution in [0.3, 0.4) is 0 Å². The van der Waals surface area contributed by atoms with Crippen molar-refractivity contribution in [3.8, 4) is 5.69 Å². The lowest BCUT2D eigenvalue weighted by Crippen LogP contribution is -2.45. The van der Waals surface area contributed by atoms with Crippen molar-refractivity contribution in [2.75, 3.05) is 0 Å². The molecule has 0 radical (unpaired) electrons. The summed E-state index contributed by atoms with van der Waals surface area (Å²) in [6, 6.07) is 7.25. The SMILES string of the molecule is O=C(NC1CCCCC1O)c1cccc(-n2ccnc2)c1. The predicted octanol–water partition coefficient (Wildman–Crippen LogP) is 1.91. The Hall–Kier alpha value is -2.14. The fourth-order valence-electron chi connectivity index (χ4n) is 2.75. The minimum absolute atomic E-state index is 0.136. The largest absolute Gasteiger partial charge is 0.391 e. The molecule has 1 aromatic heterocycles. The fraction of sp³-hybridized carbons (Fsp3) is 0.375. The summed E-state index contributed by atoms with van der Waals surface area (Å²) >= 11 is 0. The number of imidazole rings is 1. The van der Waals surface area contributed by atoms with Crippen LogP contribution in [0.5, 0.6) is 0 Å². The molecule has 0 saturated heterocycles. The molecular formula is C16H19N3O2. The number of hydrogen-bond donors (Lipinski definition) is 2. The Labute approximate surface area is 123 Å². The highest BCUT2D eigenvalue weighted by Gasteiger charge is 2.24. The van der Waals surface area contributed by atoms with Gasteiger partial charge < -0.3 is 15.0 Å². The summed E-state index contributed by atoms with van der Waals surface area (Å²) in [6.07, 6.45) is 8.49. The Kier molecular flexibility index (Phi) is 4.01. The second-order valence-electron chi connectivity index (χ2n) is 5.45. The average molecular weight is 285 g/mol. The molecule has 1 aliphatic rings. The molecular weight excluding hydrogens is 266 g/mol. The minimum Gasteiger partial charge on any atom is -0.391 e. The van der Waals surface area contributed by atoms with Gasteiger partial charge >= 0.3 is 0 Å². The van der Waals surface area contributed by atoms with E-state index in [2.05, 4.69) is 10.3 Å². The molecule has 21 heavy (non-hydrogen) atoms. The van der Waals surface area contributed by atoms with Crippen LogP contribution in [0, 0.1) is 0 Å². The van der Waals surface area contributed by atoms with Crippen molar-refractivity contribution < 1.29 is 9.90 Å². The van der Waals surface area contributed by atoms with Crippen LogP contribution in [0.15, 0.2) is 43.0 Å². The normalized spacial score (nSPS) is 22.0. The van der Waals surface area contributed by atoms with E-state index in [0.29, 0.717) is 5.56 Å². The van der Waals surface area contributed by atoms with Gasteiger partial charge in [0, 0.05) is 23.6 Å². The first kappa shape index (κ1) is 13.8. The van der Waals surface area contributed by atoms with Gasteiger partial charge in [-0.3, -0.25) is 4.79 Å². The molecule has 5 heteroatoms. The van der Waals surface area contributed by atoms with Gasteiger partial charge in [0.1, 0.15) is 0 Å². The first-order valence-electron chi connectivity index (χ1n) is 7.31. The molecule has 2 aromatic rings. The van der Waals surface area contributed by atoms with Gasteiger partial charge in [0.2, 0.25) is 0 Å². The van der Waals surface area contributed by atoms with E-state index in [1.165, 1.54) is 0 Å². The summed E-state index contributed by atoms with van der Waals surface area (Å²) in [6.45, 7) is 0. The van der Waals surface area contributed by atoms with Crippen molar-refractivity contribution in [2.24, 2.45) is 0 Å². The minimum atomic E-state index is -0.431. The van der Waals surface area contributed by atoms with E-state index >= 15 is 0 Å². The Morgan fingerprint density at radius 3 is 2.95 bits per heavy atom. The topological polar surface area (TPSA) is 67.2 Å². The molecule has 2 atom stereocenters. The van der Waals surface area contributed by atoms with Gasteiger partial charge in [0.15, 0.2) is 0 Å². The summed E-state index contributed by atoms with van der Waals surface area (Å²) in [5.74, 6) is -0.136. The molecule has 1 aromatic carbocycles. The van der Waals surface area contributed by atoms with Gasteiger partial charge in [-0.25, -0.2) is 4.98 Å². The Morgan fingerprint density at radius 1 is 1.33 bits per heavy atom. The summed E-state index contributed by atoms with van der Waals surface area (Å²) < 4.78 is 1.85. The molecule has 1 amide bonds. The molecule has 110 valence electrons. The molecule has 3 rings (SSSR count). The standard InChI is InChI=1S/C16H19N3O2/c20-15-7-2-1-6-14(15)18-16(21)12-4-3-5-13(10-12)19-9-8-17-11-19/h3-5,8-11,14-15,20H,1-2,6-7H2,(H,18,21). The van der Waals surface area contributed by atoms with Gasteiger partial charge in [-0.2, -0.15) is 0 Å². The quantitative estimate of drug-likeness (QED) is 0.905. The maximum Gasteiger partial charge on any atom is 0.251 e. The summed E-state index contributed by atoms with van der Waals surface area (Å²) in [7, 11) is 0. The van der Waals surface area contributed by atoms with E-state index in [1.54, 1.807) is 18.6 Å². The monoisotopic (exact) mass is 285 g/mol. The van der Waals surface area contributed by atoms with E-state index in [9.17, 15) is 9.90 Å². The zero-order valence-corrected chi connectivity index (χ0v) is 11.8. The second-order valence-corrected chi connectivity index (χ2v) is 5.45. The van der Waals surface area contributed by atoms with Crippen LogP contribution in [0.4, 0.5) is 0 Å². The van der Waals surface area contributed by atoms with E-state index < -0.39 is 6.10 Å². The third-order valence-corrected chi connectivity index (χ3v) is 3.96. The first-order chi connectivity index (χ1) is 10.2. The van der Waals surface area contributed by atoms with Crippen molar-refractivity contribution in [1.29, 1.82) is 0 Å². The molecule has 2 N–H and O–H groups in total. The number of hydrogen-bond acceptors (Lipinski definition) is 3. The second kappa shape index (κ2) is 6.10.